The molecule has 19 heavy (non-hydrogen) atoms. The van der Waals surface area contributed by atoms with Gasteiger partial charge in [0.1, 0.15) is 5.82 Å². The Morgan fingerprint density at radius 3 is 2.58 bits per heavy atom. The molecule has 0 bridgehead atoms. The Hall–Kier alpha value is -1.97. The molecule has 2 rings (SSSR count). The van der Waals surface area contributed by atoms with E-state index in [0.29, 0.717) is 30.3 Å². The molecule has 0 aliphatic heterocycles. The molecule has 0 aliphatic rings. The zero-order valence-corrected chi connectivity index (χ0v) is 11.5. The fraction of sp³-hybridized carbons (Fsp3) is 0.333. The summed E-state index contributed by atoms with van der Waals surface area (Å²) < 4.78 is 13.8. The molecule has 0 radical (unpaired) electrons. The SMILES string of the molecule is CCNc1nc(Cc2ccccc2C)nc(C)c1F. The highest BCUT2D eigenvalue weighted by Gasteiger charge is 2.11. The Morgan fingerprint density at radius 2 is 1.89 bits per heavy atom. The lowest BCUT2D eigenvalue weighted by Gasteiger charge is -2.10. The van der Waals surface area contributed by atoms with Crippen LogP contribution >= 0.6 is 0 Å². The second kappa shape index (κ2) is 5.78. The third-order valence-electron chi connectivity index (χ3n) is 3.02. The van der Waals surface area contributed by atoms with Crippen LogP contribution in [0.2, 0.25) is 0 Å². The fourth-order valence-corrected chi connectivity index (χ4v) is 1.96. The summed E-state index contributed by atoms with van der Waals surface area (Å²) in [5, 5.41) is 2.93. The van der Waals surface area contributed by atoms with E-state index in [0.717, 1.165) is 5.56 Å². The number of hydrogen-bond donors (Lipinski definition) is 1. The monoisotopic (exact) mass is 259 g/mol. The van der Waals surface area contributed by atoms with Crippen LogP contribution in [-0.2, 0) is 6.42 Å². The van der Waals surface area contributed by atoms with Gasteiger partial charge in [0.2, 0.25) is 0 Å². The van der Waals surface area contributed by atoms with Gasteiger partial charge in [0.05, 0.1) is 5.69 Å². The zero-order valence-electron chi connectivity index (χ0n) is 11.5. The quantitative estimate of drug-likeness (QED) is 0.915. The molecule has 1 heterocycles. The minimum atomic E-state index is -0.365. The van der Waals surface area contributed by atoms with E-state index in [4.69, 9.17) is 0 Å². The smallest absolute Gasteiger partial charge is 0.186 e. The van der Waals surface area contributed by atoms with Crippen LogP contribution in [0.1, 0.15) is 29.6 Å². The molecule has 0 aliphatic carbocycles. The van der Waals surface area contributed by atoms with Crippen molar-refractivity contribution < 1.29 is 4.39 Å². The van der Waals surface area contributed by atoms with Gasteiger partial charge in [0, 0.05) is 13.0 Å². The van der Waals surface area contributed by atoms with E-state index in [2.05, 4.69) is 28.3 Å². The molecule has 4 heteroatoms. The molecule has 100 valence electrons. The number of aromatic nitrogens is 2. The average Bonchev–Trinajstić information content (AvgIpc) is 2.38. The van der Waals surface area contributed by atoms with Crippen LogP contribution in [0.5, 0.6) is 0 Å². The summed E-state index contributed by atoms with van der Waals surface area (Å²) in [4.78, 5) is 8.49. The number of nitrogens with zero attached hydrogens (tertiary/aromatic N) is 2. The van der Waals surface area contributed by atoms with Gasteiger partial charge < -0.3 is 5.32 Å². The van der Waals surface area contributed by atoms with E-state index in [1.165, 1.54) is 5.56 Å². The summed E-state index contributed by atoms with van der Waals surface area (Å²) in [5.41, 5.74) is 2.74. The van der Waals surface area contributed by atoms with Crippen LogP contribution in [0.4, 0.5) is 10.2 Å². The van der Waals surface area contributed by atoms with E-state index in [-0.39, 0.29) is 5.82 Å². The molecular weight excluding hydrogens is 241 g/mol. The molecule has 0 unspecified atom stereocenters. The first-order valence-electron chi connectivity index (χ1n) is 6.43. The summed E-state index contributed by atoms with van der Waals surface area (Å²) >= 11 is 0. The van der Waals surface area contributed by atoms with Crippen molar-refractivity contribution in [2.75, 3.05) is 11.9 Å². The van der Waals surface area contributed by atoms with Crippen molar-refractivity contribution in [1.82, 2.24) is 9.97 Å². The Morgan fingerprint density at radius 1 is 1.16 bits per heavy atom. The maximum absolute atomic E-state index is 13.8. The molecule has 0 saturated carbocycles. The normalized spacial score (nSPS) is 10.5. The highest BCUT2D eigenvalue weighted by Crippen LogP contribution is 2.17. The minimum Gasteiger partial charge on any atom is -0.368 e. The summed E-state index contributed by atoms with van der Waals surface area (Å²) in [6.07, 6.45) is 0.617. The number of benzene rings is 1. The molecule has 0 atom stereocenters. The summed E-state index contributed by atoms with van der Waals surface area (Å²) in [5.74, 6) is 0.568. The first-order chi connectivity index (χ1) is 9.11. The van der Waals surface area contributed by atoms with E-state index in [1.54, 1.807) is 6.92 Å². The highest BCUT2D eigenvalue weighted by atomic mass is 19.1. The zero-order chi connectivity index (χ0) is 13.8. The van der Waals surface area contributed by atoms with Gasteiger partial charge in [-0.2, -0.15) is 0 Å². The largest absolute Gasteiger partial charge is 0.368 e. The number of aryl methyl sites for hydroxylation is 2. The molecule has 1 N–H and O–H groups in total. The first-order valence-corrected chi connectivity index (χ1v) is 6.43. The van der Waals surface area contributed by atoms with Gasteiger partial charge in [0.15, 0.2) is 11.6 Å². The van der Waals surface area contributed by atoms with Gasteiger partial charge in [0.25, 0.3) is 0 Å². The summed E-state index contributed by atoms with van der Waals surface area (Å²) in [6.45, 7) is 6.27. The molecule has 0 saturated heterocycles. The molecule has 1 aromatic heterocycles. The Balaban J connectivity index is 2.33. The Labute approximate surface area is 112 Å². The summed E-state index contributed by atoms with van der Waals surface area (Å²) in [6, 6.07) is 8.09. The standard InChI is InChI=1S/C15H18FN3/c1-4-17-15-14(16)11(3)18-13(19-15)9-12-8-6-5-7-10(12)2/h5-8H,4,9H2,1-3H3,(H,17,18,19). The van der Waals surface area contributed by atoms with Crippen LogP contribution in [-0.4, -0.2) is 16.5 Å². The van der Waals surface area contributed by atoms with Gasteiger partial charge in [-0.3, -0.25) is 0 Å². The molecule has 2 aromatic rings. The van der Waals surface area contributed by atoms with Crippen LogP contribution in [0.15, 0.2) is 24.3 Å². The lowest BCUT2D eigenvalue weighted by atomic mass is 10.1. The molecule has 0 amide bonds. The number of rotatable bonds is 4. The van der Waals surface area contributed by atoms with E-state index >= 15 is 0 Å². The van der Waals surface area contributed by atoms with Gasteiger partial charge in [-0.05, 0) is 31.9 Å². The summed E-state index contributed by atoms with van der Waals surface area (Å²) in [7, 11) is 0. The van der Waals surface area contributed by atoms with Crippen LogP contribution in [0.3, 0.4) is 0 Å². The van der Waals surface area contributed by atoms with Crippen LogP contribution in [0, 0.1) is 19.7 Å². The maximum atomic E-state index is 13.8. The van der Waals surface area contributed by atoms with E-state index < -0.39 is 0 Å². The van der Waals surface area contributed by atoms with Crippen molar-refractivity contribution >= 4 is 5.82 Å². The third-order valence-corrected chi connectivity index (χ3v) is 3.02. The van der Waals surface area contributed by atoms with Crippen LogP contribution in [0.25, 0.3) is 0 Å². The number of nitrogens with one attached hydrogen (secondary N) is 1. The number of anilines is 1. The Bertz CT molecular complexity index is 582. The molecular formula is C15H18FN3. The fourth-order valence-electron chi connectivity index (χ4n) is 1.96. The lowest BCUT2D eigenvalue weighted by Crippen LogP contribution is -2.09. The van der Waals surface area contributed by atoms with Crippen molar-refractivity contribution in [2.45, 2.75) is 27.2 Å². The second-order valence-corrected chi connectivity index (χ2v) is 4.52. The Kier molecular flexibility index (Phi) is 4.10. The number of halogens is 1. The maximum Gasteiger partial charge on any atom is 0.186 e. The van der Waals surface area contributed by atoms with Crippen molar-refractivity contribution in [3.63, 3.8) is 0 Å². The predicted molar refractivity (Wildman–Crippen MR) is 74.9 cm³/mol. The van der Waals surface area contributed by atoms with Crippen LogP contribution < -0.4 is 5.32 Å². The topological polar surface area (TPSA) is 37.8 Å². The van der Waals surface area contributed by atoms with Gasteiger partial charge in [-0.15, -0.1) is 0 Å². The predicted octanol–water partition coefficient (Wildman–Crippen LogP) is 3.26. The van der Waals surface area contributed by atoms with E-state index in [1.807, 2.05) is 25.1 Å². The second-order valence-electron chi connectivity index (χ2n) is 4.52. The molecule has 3 nitrogen and oxygen atoms in total. The highest BCUT2D eigenvalue weighted by molar-refractivity contribution is 5.39. The molecule has 0 fully saturated rings. The number of hydrogen-bond acceptors (Lipinski definition) is 3. The lowest BCUT2D eigenvalue weighted by molar-refractivity contribution is 0.601. The molecule has 0 spiro atoms. The van der Waals surface area contributed by atoms with E-state index in [9.17, 15) is 4.39 Å². The van der Waals surface area contributed by atoms with Gasteiger partial charge >= 0.3 is 0 Å². The van der Waals surface area contributed by atoms with Crippen molar-refractivity contribution in [3.05, 3.63) is 52.7 Å². The van der Waals surface area contributed by atoms with Crippen molar-refractivity contribution in [3.8, 4) is 0 Å². The molecule has 1 aromatic carbocycles. The van der Waals surface area contributed by atoms with Crippen molar-refractivity contribution in [2.24, 2.45) is 0 Å². The minimum absolute atomic E-state index is 0.290. The van der Waals surface area contributed by atoms with Gasteiger partial charge in [-0.25, -0.2) is 14.4 Å². The van der Waals surface area contributed by atoms with Gasteiger partial charge in [-0.1, -0.05) is 24.3 Å². The van der Waals surface area contributed by atoms with Crippen molar-refractivity contribution in [1.29, 1.82) is 0 Å². The average molecular weight is 259 g/mol. The first kappa shape index (κ1) is 13.5. The third kappa shape index (κ3) is 3.08.